The first-order valence-corrected chi connectivity index (χ1v) is 11.4. The van der Waals surface area contributed by atoms with Crippen LogP contribution in [0.4, 0.5) is 0 Å². The molecule has 1 atom stereocenters. The zero-order chi connectivity index (χ0) is 22.6. The van der Waals surface area contributed by atoms with Gasteiger partial charge in [-0.15, -0.1) is 5.10 Å². The molecule has 168 valence electrons. The summed E-state index contributed by atoms with van der Waals surface area (Å²) in [7, 11) is 0. The molecule has 0 spiro atoms. The average molecular weight is 443 g/mol. The summed E-state index contributed by atoms with van der Waals surface area (Å²) in [5.41, 5.74) is 2.64. The Balaban J connectivity index is 1.33. The molecule has 3 heterocycles. The minimum absolute atomic E-state index is 0.0170. The topological polar surface area (TPSA) is 96.8 Å². The summed E-state index contributed by atoms with van der Waals surface area (Å²) in [5, 5.41) is 8.19. The van der Waals surface area contributed by atoms with Crippen molar-refractivity contribution in [2.75, 3.05) is 13.1 Å². The molecule has 0 saturated carbocycles. The molecule has 0 radical (unpaired) electrons. The number of amides is 1. The first kappa shape index (κ1) is 21.1. The van der Waals surface area contributed by atoms with E-state index in [1.54, 1.807) is 4.68 Å². The number of H-pyrrole nitrogens is 1. The van der Waals surface area contributed by atoms with Crippen LogP contribution >= 0.6 is 0 Å². The largest absolute Gasteiger partial charge is 0.342 e. The van der Waals surface area contributed by atoms with Gasteiger partial charge in [0.2, 0.25) is 5.91 Å². The lowest BCUT2D eigenvalue weighted by Crippen LogP contribution is -2.40. The maximum Gasteiger partial charge on any atom is 0.281 e. The number of fused-ring (bicyclic) bond motifs is 1. The first-order valence-electron chi connectivity index (χ1n) is 11.4. The lowest BCUT2D eigenvalue weighted by Gasteiger charge is -2.32. The number of nitrogens with one attached hydrogen (secondary N) is 1. The van der Waals surface area contributed by atoms with Gasteiger partial charge in [0.05, 0.1) is 6.54 Å². The van der Waals surface area contributed by atoms with Crippen molar-refractivity contribution in [3.63, 3.8) is 0 Å². The molecule has 1 aliphatic heterocycles. The summed E-state index contributed by atoms with van der Waals surface area (Å²) in [5.74, 6) is 0.726. The van der Waals surface area contributed by atoms with Gasteiger partial charge in [-0.3, -0.25) is 9.59 Å². The second kappa shape index (κ2) is 9.36. The Morgan fingerprint density at radius 2 is 1.76 bits per heavy atom. The fourth-order valence-electron chi connectivity index (χ4n) is 4.42. The van der Waals surface area contributed by atoms with E-state index < -0.39 is 0 Å². The van der Waals surface area contributed by atoms with Gasteiger partial charge >= 0.3 is 0 Å². The Kier molecular flexibility index (Phi) is 5.97. The maximum atomic E-state index is 12.9. The van der Waals surface area contributed by atoms with Crippen LogP contribution in [0.1, 0.15) is 42.1 Å². The van der Waals surface area contributed by atoms with Gasteiger partial charge in [0, 0.05) is 25.4 Å². The second-order valence-electron chi connectivity index (χ2n) is 8.52. The Labute approximate surface area is 191 Å². The third-order valence-corrected chi connectivity index (χ3v) is 6.20. The predicted molar refractivity (Wildman–Crippen MR) is 125 cm³/mol. The van der Waals surface area contributed by atoms with Crippen LogP contribution in [0.2, 0.25) is 0 Å². The zero-order valence-corrected chi connectivity index (χ0v) is 18.4. The van der Waals surface area contributed by atoms with Crippen LogP contribution in [-0.4, -0.2) is 48.9 Å². The lowest BCUT2D eigenvalue weighted by molar-refractivity contribution is -0.132. The summed E-state index contributed by atoms with van der Waals surface area (Å²) < 4.78 is 1.66. The number of rotatable bonds is 6. The van der Waals surface area contributed by atoms with Crippen LogP contribution in [-0.2, 0) is 17.8 Å². The van der Waals surface area contributed by atoms with Crippen molar-refractivity contribution in [3.8, 4) is 0 Å². The second-order valence-corrected chi connectivity index (χ2v) is 8.52. The molecule has 0 unspecified atom stereocenters. The number of carbonyl (C=O) groups is 1. The molecular weight excluding hydrogens is 416 g/mol. The Morgan fingerprint density at radius 1 is 1.03 bits per heavy atom. The first-order chi connectivity index (χ1) is 16.2. The maximum absolute atomic E-state index is 12.9. The summed E-state index contributed by atoms with van der Waals surface area (Å²) >= 11 is 0. The molecule has 1 N–H and O–H groups in total. The van der Waals surface area contributed by atoms with Crippen molar-refractivity contribution >= 4 is 17.1 Å². The normalized spacial score (nSPS) is 16.2. The van der Waals surface area contributed by atoms with Crippen LogP contribution in [0.25, 0.3) is 11.2 Å². The Bertz CT molecular complexity index is 1300. The number of carbonyl (C=O) groups excluding carboxylic acids is 1. The summed E-state index contributed by atoms with van der Waals surface area (Å²) in [6.07, 6.45) is 2.96. The molecule has 33 heavy (non-hydrogen) atoms. The number of aromatic amines is 1. The molecule has 1 fully saturated rings. The van der Waals surface area contributed by atoms with E-state index in [9.17, 15) is 9.59 Å². The fourth-order valence-corrected chi connectivity index (χ4v) is 4.42. The third kappa shape index (κ3) is 4.69. The standard InChI is InChI=1S/C25H26N6O2/c32-21(14-13-18-8-3-1-4-9-18)30-15-7-12-20(17-30)23-26-24-22(25(33)27-23)28-29-31(24)16-19-10-5-2-6-11-19/h1-6,8-11,20H,7,12-17H2,(H,26,27,33)/t20-/m1/s1. The average Bonchev–Trinajstić information content (AvgIpc) is 3.27. The smallest absolute Gasteiger partial charge is 0.281 e. The van der Waals surface area contributed by atoms with Crippen LogP contribution < -0.4 is 5.56 Å². The van der Waals surface area contributed by atoms with Crippen LogP contribution in [0, 0.1) is 0 Å². The highest BCUT2D eigenvalue weighted by atomic mass is 16.2. The number of aryl methyl sites for hydroxylation is 1. The number of aromatic nitrogens is 5. The number of benzene rings is 2. The summed E-state index contributed by atoms with van der Waals surface area (Å²) in [6.45, 7) is 1.79. The van der Waals surface area contributed by atoms with E-state index in [2.05, 4.69) is 15.3 Å². The SMILES string of the molecule is O=C(CCc1ccccc1)N1CCC[C@@H](c2nc3c(nnn3Cc3ccccc3)c(=O)[nH]2)C1. The monoisotopic (exact) mass is 442 g/mol. The van der Waals surface area contributed by atoms with E-state index in [4.69, 9.17) is 4.98 Å². The predicted octanol–water partition coefficient (Wildman–Crippen LogP) is 2.90. The Morgan fingerprint density at radius 3 is 2.52 bits per heavy atom. The van der Waals surface area contributed by atoms with E-state index in [-0.39, 0.29) is 22.9 Å². The molecule has 2 aromatic heterocycles. The number of likely N-dealkylation sites (tertiary alicyclic amines) is 1. The number of hydrogen-bond donors (Lipinski definition) is 1. The highest BCUT2D eigenvalue weighted by molar-refractivity contribution is 5.76. The van der Waals surface area contributed by atoms with Crippen molar-refractivity contribution in [1.82, 2.24) is 29.9 Å². The molecule has 1 amide bonds. The van der Waals surface area contributed by atoms with Crippen LogP contribution in [0.5, 0.6) is 0 Å². The van der Waals surface area contributed by atoms with Gasteiger partial charge in [-0.25, -0.2) is 9.67 Å². The molecule has 0 bridgehead atoms. The molecule has 8 heteroatoms. The van der Waals surface area contributed by atoms with Gasteiger partial charge < -0.3 is 9.88 Å². The molecule has 2 aromatic carbocycles. The van der Waals surface area contributed by atoms with Crippen molar-refractivity contribution in [2.24, 2.45) is 0 Å². The van der Waals surface area contributed by atoms with E-state index in [1.807, 2.05) is 65.6 Å². The molecule has 4 aromatic rings. The van der Waals surface area contributed by atoms with Crippen molar-refractivity contribution in [1.29, 1.82) is 0 Å². The number of nitrogens with zero attached hydrogens (tertiary/aromatic N) is 5. The van der Waals surface area contributed by atoms with E-state index >= 15 is 0 Å². The number of hydrogen-bond acceptors (Lipinski definition) is 5. The van der Waals surface area contributed by atoms with E-state index in [1.165, 1.54) is 0 Å². The minimum Gasteiger partial charge on any atom is -0.342 e. The van der Waals surface area contributed by atoms with Gasteiger partial charge in [0.1, 0.15) is 5.82 Å². The molecule has 1 saturated heterocycles. The highest BCUT2D eigenvalue weighted by Crippen LogP contribution is 2.25. The van der Waals surface area contributed by atoms with E-state index in [0.717, 1.165) is 36.9 Å². The fraction of sp³-hybridized carbons (Fsp3) is 0.320. The van der Waals surface area contributed by atoms with Crippen molar-refractivity contribution in [3.05, 3.63) is 88.0 Å². The third-order valence-electron chi connectivity index (χ3n) is 6.20. The molecule has 0 aliphatic carbocycles. The summed E-state index contributed by atoms with van der Waals surface area (Å²) in [4.78, 5) is 35.1. The highest BCUT2D eigenvalue weighted by Gasteiger charge is 2.27. The van der Waals surface area contributed by atoms with Gasteiger partial charge in [-0.1, -0.05) is 65.9 Å². The van der Waals surface area contributed by atoms with Crippen LogP contribution in [0.3, 0.4) is 0 Å². The number of piperidine rings is 1. The molecule has 5 rings (SSSR count). The molecule has 1 aliphatic rings. The quantitative estimate of drug-likeness (QED) is 0.495. The van der Waals surface area contributed by atoms with Crippen molar-refractivity contribution in [2.45, 2.75) is 38.1 Å². The lowest BCUT2D eigenvalue weighted by atomic mass is 9.96. The van der Waals surface area contributed by atoms with Gasteiger partial charge in [-0.2, -0.15) is 0 Å². The van der Waals surface area contributed by atoms with Gasteiger partial charge in [-0.05, 0) is 30.4 Å². The van der Waals surface area contributed by atoms with Gasteiger partial charge in [0.15, 0.2) is 11.2 Å². The minimum atomic E-state index is -0.290. The summed E-state index contributed by atoms with van der Waals surface area (Å²) in [6, 6.07) is 19.9. The Hall–Kier alpha value is -3.81. The van der Waals surface area contributed by atoms with Gasteiger partial charge in [0.25, 0.3) is 5.56 Å². The van der Waals surface area contributed by atoms with E-state index in [0.29, 0.717) is 31.0 Å². The zero-order valence-electron chi connectivity index (χ0n) is 18.4. The molecule has 8 nitrogen and oxygen atoms in total. The van der Waals surface area contributed by atoms with Crippen LogP contribution in [0.15, 0.2) is 65.5 Å². The van der Waals surface area contributed by atoms with Crippen molar-refractivity contribution < 1.29 is 4.79 Å². The molecular formula is C25H26N6O2.